The van der Waals surface area contributed by atoms with Crippen molar-refractivity contribution in [2.45, 2.75) is 43.8 Å². The van der Waals surface area contributed by atoms with Crippen LogP contribution in [0.5, 0.6) is 0 Å². The molecule has 4 unspecified atom stereocenters. The third kappa shape index (κ3) is 4.07. The van der Waals surface area contributed by atoms with Gasteiger partial charge in [0.2, 0.25) is 0 Å². The molecular formula is C21H31N7O2. The van der Waals surface area contributed by atoms with Crippen molar-refractivity contribution >= 4 is 5.82 Å². The first kappa shape index (κ1) is 19.9. The maximum atomic E-state index is 5.48. The van der Waals surface area contributed by atoms with Crippen LogP contribution in [0, 0.1) is 5.92 Å². The van der Waals surface area contributed by atoms with E-state index in [4.69, 9.17) is 9.47 Å². The Morgan fingerprint density at radius 3 is 2.97 bits per heavy atom. The number of aromatic nitrogens is 4. The fraction of sp³-hybridized carbons (Fsp3) is 0.667. The van der Waals surface area contributed by atoms with Crippen molar-refractivity contribution in [1.82, 2.24) is 30.6 Å². The molecule has 4 heterocycles. The van der Waals surface area contributed by atoms with E-state index in [1.807, 2.05) is 10.9 Å². The van der Waals surface area contributed by atoms with Crippen molar-refractivity contribution in [2.75, 3.05) is 44.9 Å². The summed E-state index contributed by atoms with van der Waals surface area (Å²) in [5, 5.41) is 4.52. The minimum Gasteiger partial charge on any atom is -0.383 e. The molecule has 9 heteroatoms. The number of nitrogens with zero attached hydrogens (tertiary/aromatic N) is 5. The van der Waals surface area contributed by atoms with Crippen LogP contribution in [0.3, 0.4) is 0 Å². The molecule has 0 radical (unpaired) electrons. The topological polar surface area (TPSA) is 89.4 Å². The van der Waals surface area contributed by atoms with Gasteiger partial charge in [-0.2, -0.15) is 5.10 Å². The standard InChI is InChI=1S/C21H31N7O2/c1-29-7-6-28-13-16(12-24-28)15-2-3-18-17(10-15)21(26-25-18)19-11-20(23-14-22-19)27-4-8-30-9-5-27/h11-15,17-18,21,25-26H,2-10H2,1H3. The molecule has 2 aromatic rings. The van der Waals surface area contributed by atoms with E-state index in [1.165, 1.54) is 12.0 Å². The first-order chi connectivity index (χ1) is 14.8. The lowest BCUT2D eigenvalue weighted by Gasteiger charge is -2.33. The van der Waals surface area contributed by atoms with E-state index in [0.29, 0.717) is 24.5 Å². The normalized spacial score (nSPS) is 29.2. The van der Waals surface area contributed by atoms with Crippen LogP contribution in [-0.4, -0.2) is 65.8 Å². The number of hydrazine groups is 1. The number of hydrogen-bond donors (Lipinski definition) is 2. The summed E-state index contributed by atoms with van der Waals surface area (Å²) in [7, 11) is 1.73. The van der Waals surface area contributed by atoms with Crippen LogP contribution >= 0.6 is 0 Å². The number of nitrogens with one attached hydrogen (secondary N) is 2. The van der Waals surface area contributed by atoms with Crippen molar-refractivity contribution in [3.63, 3.8) is 0 Å². The maximum Gasteiger partial charge on any atom is 0.132 e. The molecule has 2 N–H and O–H groups in total. The fourth-order valence-electron chi connectivity index (χ4n) is 5.05. The van der Waals surface area contributed by atoms with Crippen molar-refractivity contribution in [2.24, 2.45) is 5.92 Å². The molecule has 0 aromatic carbocycles. The molecule has 30 heavy (non-hydrogen) atoms. The molecule has 0 amide bonds. The van der Waals surface area contributed by atoms with Gasteiger partial charge in [-0.3, -0.25) is 10.1 Å². The van der Waals surface area contributed by atoms with Crippen LogP contribution in [-0.2, 0) is 16.0 Å². The number of ether oxygens (including phenoxy) is 2. The highest BCUT2D eigenvalue weighted by Crippen LogP contribution is 2.43. The van der Waals surface area contributed by atoms with Crippen molar-refractivity contribution in [3.8, 4) is 0 Å². The zero-order valence-corrected chi connectivity index (χ0v) is 17.5. The lowest BCUT2D eigenvalue weighted by atomic mass is 9.73. The molecule has 4 atom stereocenters. The Morgan fingerprint density at radius 1 is 1.20 bits per heavy atom. The molecule has 3 fully saturated rings. The third-order valence-corrected chi connectivity index (χ3v) is 6.73. The molecule has 9 nitrogen and oxygen atoms in total. The summed E-state index contributed by atoms with van der Waals surface area (Å²) in [6, 6.07) is 2.83. The Kier molecular flexibility index (Phi) is 5.94. The number of anilines is 1. The van der Waals surface area contributed by atoms with Gasteiger partial charge in [0.25, 0.3) is 0 Å². The van der Waals surface area contributed by atoms with Gasteiger partial charge in [0, 0.05) is 38.5 Å². The van der Waals surface area contributed by atoms with Crippen molar-refractivity contribution < 1.29 is 9.47 Å². The minimum atomic E-state index is 0.198. The van der Waals surface area contributed by atoms with Gasteiger partial charge < -0.3 is 14.4 Å². The average molecular weight is 414 g/mol. The maximum absolute atomic E-state index is 5.48. The number of morpholine rings is 1. The average Bonchev–Trinajstić information content (AvgIpc) is 3.45. The fourth-order valence-corrected chi connectivity index (χ4v) is 5.05. The second-order valence-corrected chi connectivity index (χ2v) is 8.48. The van der Waals surface area contributed by atoms with Gasteiger partial charge in [0.1, 0.15) is 12.1 Å². The van der Waals surface area contributed by atoms with Crippen molar-refractivity contribution in [1.29, 1.82) is 0 Å². The van der Waals surface area contributed by atoms with Gasteiger partial charge in [-0.25, -0.2) is 15.4 Å². The molecule has 3 aliphatic rings. The minimum absolute atomic E-state index is 0.198. The largest absolute Gasteiger partial charge is 0.383 e. The predicted octanol–water partition coefficient (Wildman–Crippen LogP) is 1.26. The van der Waals surface area contributed by atoms with Crippen LogP contribution < -0.4 is 15.8 Å². The highest BCUT2D eigenvalue weighted by molar-refractivity contribution is 5.40. The van der Waals surface area contributed by atoms with Gasteiger partial charge in [-0.1, -0.05) is 0 Å². The van der Waals surface area contributed by atoms with E-state index in [1.54, 1.807) is 13.4 Å². The first-order valence-corrected chi connectivity index (χ1v) is 11.0. The van der Waals surface area contributed by atoms with Gasteiger partial charge in [0.05, 0.1) is 44.3 Å². The smallest absolute Gasteiger partial charge is 0.132 e. The Hall–Kier alpha value is -2.07. The summed E-state index contributed by atoms with van der Waals surface area (Å²) >= 11 is 0. The van der Waals surface area contributed by atoms with E-state index >= 15 is 0 Å². The van der Waals surface area contributed by atoms with E-state index in [0.717, 1.165) is 57.2 Å². The molecule has 2 aliphatic heterocycles. The third-order valence-electron chi connectivity index (χ3n) is 6.73. The molecule has 2 saturated heterocycles. The Balaban J connectivity index is 1.30. The quantitative estimate of drug-likeness (QED) is 0.732. The van der Waals surface area contributed by atoms with E-state index < -0.39 is 0 Å². The number of hydrogen-bond acceptors (Lipinski definition) is 8. The summed E-state index contributed by atoms with van der Waals surface area (Å²) in [5.41, 5.74) is 9.47. The summed E-state index contributed by atoms with van der Waals surface area (Å²) < 4.78 is 12.6. The lowest BCUT2D eigenvalue weighted by molar-refractivity contribution is 0.122. The Bertz CT molecular complexity index is 838. The summed E-state index contributed by atoms with van der Waals surface area (Å²) in [6.07, 6.45) is 9.39. The van der Waals surface area contributed by atoms with Crippen LogP contribution in [0.15, 0.2) is 24.8 Å². The number of fused-ring (bicyclic) bond motifs is 1. The number of rotatable bonds is 6. The highest BCUT2D eigenvalue weighted by Gasteiger charge is 2.42. The molecular weight excluding hydrogens is 382 g/mol. The second-order valence-electron chi connectivity index (χ2n) is 8.48. The summed E-state index contributed by atoms with van der Waals surface area (Å²) in [4.78, 5) is 11.4. The second kappa shape index (κ2) is 8.97. The highest BCUT2D eigenvalue weighted by atomic mass is 16.5. The Labute approximate surface area is 177 Å². The van der Waals surface area contributed by atoms with Crippen LogP contribution in [0.4, 0.5) is 5.82 Å². The SMILES string of the molecule is COCCn1cc(C2CCC3NNC(c4cc(N5CCOCC5)ncn4)C3C2)cn1. The van der Waals surface area contributed by atoms with Crippen LogP contribution in [0.2, 0.25) is 0 Å². The molecule has 1 saturated carbocycles. The molecule has 162 valence electrons. The lowest BCUT2D eigenvalue weighted by Crippen LogP contribution is -2.37. The molecule has 0 spiro atoms. The van der Waals surface area contributed by atoms with E-state index in [-0.39, 0.29) is 6.04 Å². The molecule has 2 aromatic heterocycles. The Morgan fingerprint density at radius 2 is 2.10 bits per heavy atom. The van der Waals surface area contributed by atoms with Gasteiger partial charge in [-0.05, 0) is 36.7 Å². The summed E-state index contributed by atoms with van der Waals surface area (Å²) in [6.45, 7) is 4.76. The first-order valence-electron chi connectivity index (χ1n) is 11.0. The molecule has 1 aliphatic carbocycles. The van der Waals surface area contributed by atoms with E-state index in [9.17, 15) is 0 Å². The predicted molar refractivity (Wildman–Crippen MR) is 112 cm³/mol. The van der Waals surface area contributed by atoms with Crippen molar-refractivity contribution in [3.05, 3.63) is 36.0 Å². The van der Waals surface area contributed by atoms with Gasteiger partial charge in [0.15, 0.2) is 0 Å². The number of methoxy groups -OCH3 is 1. The van der Waals surface area contributed by atoms with Crippen LogP contribution in [0.25, 0.3) is 0 Å². The zero-order chi connectivity index (χ0) is 20.3. The molecule has 5 rings (SSSR count). The monoisotopic (exact) mass is 413 g/mol. The van der Waals surface area contributed by atoms with Crippen LogP contribution in [0.1, 0.15) is 42.5 Å². The summed E-state index contributed by atoms with van der Waals surface area (Å²) in [5.74, 6) is 2.03. The van der Waals surface area contributed by atoms with Gasteiger partial charge in [-0.15, -0.1) is 0 Å². The zero-order valence-electron chi connectivity index (χ0n) is 17.5. The van der Waals surface area contributed by atoms with Gasteiger partial charge >= 0.3 is 0 Å². The molecule has 0 bridgehead atoms. The van der Waals surface area contributed by atoms with E-state index in [2.05, 4.69) is 43.1 Å².